The fourth-order valence-electron chi connectivity index (χ4n) is 3.30. The third-order valence-electron chi connectivity index (χ3n) is 5.53. The number of hydrogen-bond donors (Lipinski definition) is 1. The van der Waals surface area contributed by atoms with Crippen LogP contribution in [0.5, 0.6) is 0 Å². The molecule has 1 fully saturated rings. The van der Waals surface area contributed by atoms with Crippen LogP contribution >= 0.6 is 11.6 Å². The summed E-state index contributed by atoms with van der Waals surface area (Å²) >= 11 is 5.98. The highest BCUT2D eigenvalue weighted by molar-refractivity contribution is 6.30. The lowest BCUT2D eigenvalue weighted by Gasteiger charge is -2.47. The molecule has 0 bridgehead atoms. The lowest BCUT2D eigenvalue weighted by Crippen LogP contribution is -2.56. The fourth-order valence-corrected chi connectivity index (χ4v) is 3.42. The number of nitrogens with zero attached hydrogens (tertiary/aromatic N) is 1. The summed E-state index contributed by atoms with van der Waals surface area (Å²) < 4.78 is 0. The van der Waals surface area contributed by atoms with E-state index in [1.807, 2.05) is 12.1 Å². The molecule has 1 aliphatic rings. The van der Waals surface area contributed by atoms with Crippen molar-refractivity contribution in [1.82, 2.24) is 4.90 Å². The van der Waals surface area contributed by atoms with Gasteiger partial charge in [-0.1, -0.05) is 44.0 Å². The Morgan fingerprint density at radius 3 is 2.29 bits per heavy atom. The van der Waals surface area contributed by atoms with Crippen molar-refractivity contribution in [2.45, 2.75) is 52.0 Å². The first-order valence-corrected chi connectivity index (χ1v) is 8.48. The van der Waals surface area contributed by atoms with Gasteiger partial charge in [0.1, 0.15) is 0 Å². The van der Waals surface area contributed by atoms with Crippen molar-refractivity contribution in [3.05, 3.63) is 34.9 Å². The number of nitrogens with two attached hydrogens (primary N) is 1. The number of rotatable bonds is 5. The average molecular weight is 309 g/mol. The van der Waals surface area contributed by atoms with Gasteiger partial charge in [0.15, 0.2) is 0 Å². The van der Waals surface area contributed by atoms with E-state index < -0.39 is 0 Å². The normalized spacial score (nSPS) is 22.0. The quantitative estimate of drug-likeness (QED) is 0.887. The maximum absolute atomic E-state index is 6.15. The van der Waals surface area contributed by atoms with Crippen LogP contribution in [0.4, 0.5) is 0 Å². The van der Waals surface area contributed by atoms with E-state index in [1.54, 1.807) is 0 Å². The molecule has 0 amide bonds. The van der Waals surface area contributed by atoms with Gasteiger partial charge in [-0.25, -0.2) is 0 Å². The van der Waals surface area contributed by atoms with Crippen LogP contribution in [0.1, 0.15) is 45.6 Å². The Kier molecular flexibility index (Phi) is 5.34. The lowest BCUT2D eigenvalue weighted by atomic mass is 9.76. The average Bonchev–Trinajstić information content (AvgIpc) is 2.50. The largest absolute Gasteiger partial charge is 0.329 e. The maximum Gasteiger partial charge on any atom is 0.0406 e. The van der Waals surface area contributed by atoms with Crippen molar-refractivity contribution < 1.29 is 0 Å². The summed E-state index contributed by atoms with van der Waals surface area (Å²) in [5.41, 5.74) is 8.03. The van der Waals surface area contributed by atoms with Crippen molar-refractivity contribution in [2.75, 3.05) is 19.6 Å². The van der Waals surface area contributed by atoms with Gasteiger partial charge in [0.05, 0.1) is 0 Å². The molecule has 2 nitrogen and oxygen atoms in total. The third kappa shape index (κ3) is 4.00. The van der Waals surface area contributed by atoms with Gasteiger partial charge >= 0.3 is 0 Å². The number of halogens is 1. The van der Waals surface area contributed by atoms with E-state index in [-0.39, 0.29) is 5.54 Å². The summed E-state index contributed by atoms with van der Waals surface area (Å²) in [6.07, 6.45) is 4.82. The molecule has 2 rings (SSSR count). The number of benzene rings is 1. The minimum Gasteiger partial charge on any atom is -0.329 e. The van der Waals surface area contributed by atoms with Gasteiger partial charge in [0, 0.05) is 17.1 Å². The predicted molar refractivity (Wildman–Crippen MR) is 91.8 cm³/mol. The SMILES string of the molecule is CCC1(C)CCN(C(C)(CN)Cc2ccc(Cl)cc2)CC1. The van der Waals surface area contributed by atoms with E-state index in [1.165, 1.54) is 24.8 Å². The van der Waals surface area contributed by atoms with E-state index in [4.69, 9.17) is 17.3 Å². The molecule has 1 heterocycles. The molecule has 0 saturated carbocycles. The molecule has 2 N–H and O–H groups in total. The second-order valence-electron chi connectivity index (χ2n) is 7.16. The number of piperidine rings is 1. The van der Waals surface area contributed by atoms with Gasteiger partial charge in [-0.05, 0) is 62.4 Å². The van der Waals surface area contributed by atoms with Crippen molar-refractivity contribution in [2.24, 2.45) is 11.1 Å². The zero-order valence-corrected chi connectivity index (χ0v) is 14.4. The summed E-state index contributed by atoms with van der Waals surface area (Å²) in [6, 6.07) is 8.18. The molecule has 21 heavy (non-hydrogen) atoms. The first kappa shape index (κ1) is 16.8. The fraction of sp³-hybridized carbons (Fsp3) is 0.667. The molecular formula is C18H29ClN2. The lowest BCUT2D eigenvalue weighted by molar-refractivity contribution is 0.0346. The van der Waals surface area contributed by atoms with E-state index in [2.05, 4.69) is 37.8 Å². The summed E-state index contributed by atoms with van der Waals surface area (Å²) in [7, 11) is 0. The van der Waals surface area contributed by atoms with Crippen LogP contribution in [0, 0.1) is 5.41 Å². The zero-order valence-electron chi connectivity index (χ0n) is 13.7. The molecule has 3 heteroatoms. The molecule has 0 aromatic heterocycles. The van der Waals surface area contributed by atoms with Gasteiger partial charge in [0.25, 0.3) is 0 Å². The van der Waals surface area contributed by atoms with Crippen LogP contribution in [0.25, 0.3) is 0 Å². The summed E-state index contributed by atoms with van der Waals surface area (Å²) in [4.78, 5) is 2.60. The van der Waals surface area contributed by atoms with Crippen LogP contribution in [0.3, 0.4) is 0 Å². The van der Waals surface area contributed by atoms with Gasteiger partial charge in [-0.15, -0.1) is 0 Å². The van der Waals surface area contributed by atoms with Gasteiger partial charge in [0.2, 0.25) is 0 Å². The van der Waals surface area contributed by atoms with Crippen LogP contribution in [-0.2, 0) is 6.42 Å². The molecule has 1 unspecified atom stereocenters. The Labute approximate surface area is 134 Å². The highest BCUT2D eigenvalue weighted by Gasteiger charge is 2.36. The van der Waals surface area contributed by atoms with Crippen LogP contribution in [0.15, 0.2) is 24.3 Å². The summed E-state index contributed by atoms with van der Waals surface area (Å²) in [5.74, 6) is 0. The van der Waals surface area contributed by atoms with Crippen LogP contribution < -0.4 is 5.73 Å². The van der Waals surface area contributed by atoms with Crippen molar-refractivity contribution in [1.29, 1.82) is 0 Å². The zero-order chi connectivity index (χ0) is 15.5. The van der Waals surface area contributed by atoms with Gasteiger partial charge in [-0.2, -0.15) is 0 Å². The molecule has 1 atom stereocenters. The van der Waals surface area contributed by atoms with E-state index >= 15 is 0 Å². The standard InChI is InChI=1S/C18H29ClN2/c1-4-17(2)9-11-21(12-10-17)18(3,14-20)13-15-5-7-16(19)8-6-15/h5-8H,4,9-14,20H2,1-3H3. The molecule has 0 radical (unpaired) electrons. The second-order valence-corrected chi connectivity index (χ2v) is 7.59. The number of hydrogen-bond acceptors (Lipinski definition) is 2. The molecule has 118 valence electrons. The minimum atomic E-state index is 0.0445. The van der Waals surface area contributed by atoms with Crippen molar-refractivity contribution in [3.63, 3.8) is 0 Å². The van der Waals surface area contributed by atoms with Crippen molar-refractivity contribution >= 4 is 11.6 Å². The number of likely N-dealkylation sites (tertiary alicyclic amines) is 1. The third-order valence-corrected chi connectivity index (χ3v) is 5.78. The molecule has 1 aliphatic heterocycles. The van der Waals surface area contributed by atoms with Crippen molar-refractivity contribution in [3.8, 4) is 0 Å². The van der Waals surface area contributed by atoms with E-state index in [9.17, 15) is 0 Å². The van der Waals surface area contributed by atoms with Gasteiger partial charge < -0.3 is 5.73 Å². The molecular weight excluding hydrogens is 280 g/mol. The topological polar surface area (TPSA) is 29.3 Å². The van der Waals surface area contributed by atoms with E-state index in [0.29, 0.717) is 12.0 Å². The highest BCUT2D eigenvalue weighted by Crippen LogP contribution is 2.36. The second kappa shape index (κ2) is 6.68. The summed E-state index contributed by atoms with van der Waals surface area (Å²) in [6.45, 7) is 10.0. The molecule has 1 aromatic rings. The maximum atomic E-state index is 6.15. The summed E-state index contributed by atoms with van der Waals surface area (Å²) in [5, 5.41) is 0.796. The first-order chi connectivity index (χ1) is 9.91. The van der Waals surface area contributed by atoms with Crippen LogP contribution in [0.2, 0.25) is 5.02 Å². The smallest absolute Gasteiger partial charge is 0.0406 e. The molecule has 0 aliphatic carbocycles. The monoisotopic (exact) mass is 308 g/mol. The molecule has 1 aromatic carbocycles. The molecule has 0 spiro atoms. The Morgan fingerprint density at radius 1 is 1.24 bits per heavy atom. The Morgan fingerprint density at radius 2 is 1.81 bits per heavy atom. The highest BCUT2D eigenvalue weighted by atomic mass is 35.5. The van der Waals surface area contributed by atoms with E-state index in [0.717, 1.165) is 24.5 Å². The minimum absolute atomic E-state index is 0.0445. The molecule has 1 saturated heterocycles. The Balaban J connectivity index is 2.05. The first-order valence-electron chi connectivity index (χ1n) is 8.10. The van der Waals surface area contributed by atoms with Gasteiger partial charge in [-0.3, -0.25) is 4.90 Å². The predicted octanol–water partition coefficient (Wildman–Crippen LogP) is 4.11. The van der Waals surface area contributed by atoms with Crippen LogP contribution in [-0.4, -0.2) is 30.1 Å². The Hall–Kier alpha value is -0.570. The Bertz CT molecular complexity index is 449.